The van der Waals surface area contributed by atoms with Crippen LogP contribution < -0.4 is 0 Å². The van der Waals surface area contributed by atoms with Crippen molar-refractivity contribution in [3.05, 3.63) is 35.9 Å². The van der Waals surface area contributed by atoms with Crippen molar-refractivity contribution in [2.45, 2.75) is 12.6 Å². The van der Waals surface area contributed by atoms with Gasteiger partial charge in [-0.25, -0.2) is 4.79 Å². The number of carbonyl (C=O) groups excluding carboxylic acids is 2. The summed E-state index contributed by atoms with van der Waals surface area (Å²) in [5, 5.41) is 0. The van der Waals surface area contributed by atoms with Gasteiger partial charge in [0.2, 0.25) is 0 Å². The number of carbonyl (C=O) groups is 2. The largest absolute Gasteiger partial charge is 0.469 e. The molecule has 0 aliphatic carbocycles. The lowest BCUT2D eigenvalue weighted by Gasteiger charge is -2.26. The zero-order valence-electron chi connectivity index (χ0n) is 12.2. The minimum Gasteiger partial charge on any atom is -0.469 e. The van der Waals surface area contributed by atoms with E-state index in [1.165, 1.54) is 12.0 Å². The third kappa shape index (κ3) is 3.72. The Balaban J connectivity index is 1.91. The van der Waals surface area contributed by atoms with Gasteiger partial charge in [0.25, 0.3) is 0 Å². The summed E-state index contributed by atoms with van der Waals surface area (Å²) in [4.78, 5) is 25.1. The molecule has 6 nitrogen and oxygen atoms in total. The summed E-state index contributed by atoms with van der Waals surface area (Å²) in [7, 11) is 2.92. The molecule has 1 heterocycles. The van der Waals surface area contributed by atoms with Gasteiger partial charge in [-0.15, -0.1) is 0 Å². The van der Waals surface area contributed by atoms with Gasteiger partial charge in [-0.2, -0.15) is 0 Å². The number of likely N-dealkylation sites (N-methyl/N-ethyl adjacent to an activating group) is 1. The molecule has 1 aliphatic rings. The van der Waals surface area contributed by atoms with Gasteiger partial charge in [-0.05, 0) is 5.56 Å². The lowest BCUT2D eigenvalue weighted by molar-refractivity contribution is -0.146. The zero-order valence-corrected chi connectivity index (χ0v) is 12.2. The van der Waals surface area contributed by atoms with Crippen LogP contribution in [0.1, 0.15) is 5.56 Å². The van der Waals surface area contributed by atoms with Gasteiger partial charge in [0.1, 0.15) is 12.5 Å². The first-order chi connectivity index (χ1) is 10.1. The maximum Gasteiger partial charge on any atom is 0.410 e. The molecule has 2 rings (SSSR count). The van der Waals surface area contributed by atoms with Crippen molar-refractivity contribution in [3.63, 3.8) is 0 Å². The Labute approximate surface area is 123 Å². The Hall–Kier alpha value is -2.08. The van der Waals surface area contributed by atoms with Crippen LogP contribution in [0, 0.1) is 5.92 Å². The maximum absolute atomic E-state index is 12.1. The minimum absolute atomic E-state index is 0.195. The Morgan fingerprint density at radius 3 is 2.67 bits per heavy atom. The minimum atomic E-state index is -0.483. The average Bonchev–Trinajstić information content (AvgIpc) is 3.01. The monoisotopic (exact) mass is 293 g/mol. The molecule has 0 N–H and O–H groups in total. The molecule has 1 amide bonds. The van der Waals surface area contributed by atoms with Crippen molar-refractivity contribution in [1.82, 2.24) is 4.90 Å². The van der Waals surface area contributed by atoms with Crippen LogP contribution in [-0.4, -0.2) is 50.4 Å². The Morgan fingerprint density at radius 1 is 1.29 bits per heavy atom. The second-order valence-electron chi connectivity index (χ2n) is 4.89. The van der Waals surface area contributed by atoms with Crippen LogP contribution in [-0.2, 0) is 25.6 Å². The number of ether oxygens (including phenoxy) is 3. The normalized spacial score (nSPS) is 20.9. The fourth-order valence-corrected chi connectivity index (χ4v) is 2.26. The molecule has 0 radical (unpaired) electrons. The molecule has 0 spiro atoms. The Bertz CT molecular complexity index is 490. The predicted octanol–water partition coefficient (Wildman–Crippen LogP) is 1.44. The van der Waals surface area contributed by atoms with Crippen molar-refractivity contribution < 1.29 is 23.8 Å². The molecule has 0 bridgehead atoms. The smallest absolute Gasteiger partial charge is 0.410 e. The molecule has 0 aromatic heterocycles. The fraction of sp³-hybridized carbons (Fsp3) is 0.467. The molecule has 1 aliphatic heterocycles. The number of nitrogens with zero attached hydrogens (tertiary/aromatic N) is 1. The van der Waals surface area contributed by atoms with Crippen LogP contribution in [0.4, 0.5) is 4.79 Å². The van der Waals surface area contributed by atoms with Crippen molar-refractivity contribution in [1.29, 1.82) is 0 Å². The Morgan fingerprint density at radius 2 is 2.00 bits per heavy atom. The van der Waals surface area contributed by atoms with E-state index in [4.69, 9.17) is 14.2 Å². The first-order valence-corrected chi connectivity index (χ1v) is 6.72. The van der Waals surface area contributed by atoms with Crippen LogP contribution in [0.3, 0.4) is 0 Å². The van der Waals surface area contributed by atoms with Crippen molar-refractivity contribution >= 4 is 12.1 Å². The van der Waals surface area contributed by atoms with Gasteiger partial charge in [0.05, 0.1) is 26.4 Å². The molecular formula is C15H19NO5. The van der Waals surface area contributed by atoms with Gasteiger partial charge in [-0.3, -0.25) is 4.79 Å². The second-order valence-corrected chi connectivity index (χ2v) is 4.89. The van der Waals surface area contributed by atoms with E-state index < -0.39 is 12.0 Å². The predicted molar refractivity (Wildman–Crippen MR) is 74.5 cm³/mol. The highest BCUT2D eigenvalue weighted by Crippen LogP contribution is 2.20. The summed E-state index contributed by atoms with van der Waals surface area (Å²) in [5.41, 5.74) is 0.909. The maximum atomic E-state index is 12.1. The summed E-state index contributed by atoms with van der Waals surface area (Å²) in [6.07, 6.45) is -0.483. The van der Waals surface area contributed by atoms with Crippen LogP contribution in [0.25, 0.3) is 0 Å². The SMILES string of the molecule is COC(=O)C1COCC1N(C)C(=O)OCc1ccccc1. The second kappa shape index (κ2) is 7.08. The average molecular weight is 293 g/mol. The summed E-state index contributed by atoms with van der Waals surface area (Å²) >= 11 is 0. The number of hydrogen-bond donors (Lipinski definition) is 0. The lowest BCUT2D eigenvalue weighted by atomic mass is 10.0. The topological polar surface area (TPSA) is 65.1 Å². The Kier molecular flexibility index (Phi) is 5.16. The molecule has 1 aromatic rings. The number of esters is 1. The van der Waals surface area contributed by atoms with E-state index in [1.807, 2.05) is 30.3 Å². The summed E-state index contributed by atoms with van der Waals surface area (Å²) in [6, 6.07) is 9.05. The van der Waals surface area contributed by atoms with Crippen LogP contribution in [0.2, 0.25) is 0 Å². The highest BCUT2D eigenvalue weighted by molar-refractivity contribution is 5.75. The van der Waals surface area contributed by atoms with Gasteiger partial charge in [0, 0.05) is 7.05 Å². The van der Waals surface area contributed by atoms with Crippen LogP contribution in [0.15, 0.2) is 30.3 Å². The first-order valence-electron chi connectivity index (χ1n) is 6.72. The summed E-state index contributed by atoms with van der Waals surface area (Å²) in [5.74, 6) is -0.843. The van der Waals surface area contributed by atoms with E-state index in [9.17, 15) is 9.59 Å². The molecular weight excluding hydrogens is 274 g/mol. The van der Waals surface area contributed by atoms with Gasteiger partial charge in [-0.1, -0.05) is 30.3 Å². The number of hydrogen-bond acceptors (Lipinski definition) is 5. The molecule has 21 heavy (non-hydrogen) atoms. The van der Waals surface area contributed by atoms with Gasteiger partial charge < -0.3 is 19.1 Å². The van der Waals surface area contributed by atoms with E-state index >= 15 is 0 Å². The number of amides is 1. The van der Waals surface area contributed by atoms with E-state index in [0.29, 0.717) is 6.61 Å². The van der Waals surface area contributed by atoms with Crippen LogP contribution >= 0.6 is 0 Å². The van der Waals surface area contributed by atoms with E-state index in [-0.39, 0.29) is 25.2 Å². The van der Waals surface area contributed by atoms with Gasteiger partial charge in [0.15, 0.2) is 0 Å². The summed E-state index contributed by atoms with van der Waals surface area (Å²) in [6.45, 7) is 0.755. The molecule has 2 atom stereocenters. The number of benzene rings is 1. The van der Waals surface area contributed by atoms with E-state index in [0.717, 1.165) is 5.56 Å². The van der Waals surface area contributed by atoms with Crippen LogP contribution in [0.5, 0.6) is 0 Å². The first kappa shape index (κ1) is 15.3. The van der Waals surface area contributed by atoms with E-state index in [2.05, 4.69) is 0 Å². The highest BCUT2D eigenvalue weighted by atomic mass is 16.6. The molecule has 1 saturated heterocycles. The molecule has 6 heteroatoms. The molecule has 0 saturated carbocycles. The molecule has 1 aromatic carbocycles. The zero-order chi connectivity index (χ0) is 15.2. The number of rotatable bonds is 4. The van der Waals surface area contributed by atoms with Crippen molar-refractivity contribution in [3.8, 4) is 0 Å². The van der Waals surface area contributed by atoms with Gasteiger partial charge >= 0.3 is 12.1 Å². The lowest BCUT2D eigenvalue weighted by Crippen LogP contribution is -2.44. The number of methoxy groups -OCH3 is 1. The van der Waals surface area contributed by atoms with Crippen molar-refractivity contribution in [2.24, 2.45) is 5.92 Å². The third-order valence-electron chi connectivity index (χ3n) is 3.55. The molecule has 114 valence electrons. The standard InChI is InChI=1S/C15H19NO5/c1-16(13-10-20-9-12(13)14(17)19-2)15(18)21-8-11-6-4-3-5-7-11/h3-7,12-13H,8-10H2,1-2H3. The third-order valence-corrected chi connectivity index (χ3v) is 3.55. The van der Waals surface area contributed by atoms with E-state index in [1.54, 1.807) is 7.05 Å². The quantitative estimate of drug-likeness (QED) is 0.786. The summed E-state index contributed by atoms with van der Waals surface area (Å²) < 4.78 is 15.2. The highest BCUT2D eigenvalue weighted by Gasteiger charge is 2.39. The molecule has 2 unspecified atom stereocenters. The van der Waals surface area contributed by atoms with Crippen molar-refractivity contribution in [2.75, 3.05) is 27.4 Å². The fourth-order valence-electron chi connectivity index (χ4n) is 2.26. The molecule has 1 fully saturated rings.